The van der Waals surface area contributed by atoms with E-state index in [-0.39, 0.29) is 21.9 Å². The van der Waals surface area contributed by atoms with E-state index in [0.29, 0.717) is 18.5 Å². The van der Waals surface area contributed by atoms with Crippen molar-refractivity contribution in [1.29, 1.82) is 5.26 Å². The van der Waals surface area contributed by atoms with Gasteiger partial charge < -0.3 is 10.6 Å². The summed E-state index contributed by atoms with van der Waals surface area (Å²) in [6, 6.07) is 8.82. The number of nitrogens with zero attached hydrogens (tertiary/aromatic N) is 2. The zero-order chi connectivity index (χ0) is 15.6. The van der Waals surface area contributed by atoms with Crippen molar-refractivity contribution >= 4 is 26.4 Å². The standard InChI is InChI=1S/C15H15FN4OS/c16-22(10-17)13(11-4-2-1-3-5-11)9-19-15(22)20-14(21)12-6-7-18-8-12/h1-5,9,12,18H,6-8H2,(H,19,20,21)/t12-/m1/s1. The molecule has 0 saturated carbocycles. The van der Waals surface area contributed by atoms with Gasteiger partial charge in [0.2, 0.25) is 5.91 Å². The molecular formula is C15H15FN4OS. The lowest BCUT2D eigenvalue weighted by Crippen LogP contribution is -2.37. The summed E-state index contributed by atoms with van der Waals surface area (Å²) in [6.07, 6.45) is 2.05. The Kier molecular flexibility index (Phi) is 3.96. The van der Waals surface area contributed by atoms with Crippen LogP contribution in [0.1, 0.15) is 12.0 Å². The molecular weight excluding hydrogens is 303 g/mol. The van der Waals surface area contributed by atoms with Crippen LogP contribution in [-0.4, -0.2) is 24.2 Å². The lowest BCUT2D eigenvalue weighted by Gasteiger charge is -2.23. The molecule has 114 valence electrons. The first-order valence-electron chi connectivity index (χ1n) is 6.94. The molecule has 2 atom stereocenters. The van der Waals surface area contributed by atoms with Gasteiger partial charge in [0.05, 0.1) is 21.2 Å². The molecule has 0 aliphatic carbocycles. The number of amides is 1. The van der Waals surface area contributed by atoms with Crippen molar-refractivity contribution in [3.05, 3.63) is 42.1 Å². The molecule has 22 heavy (non-hydrogen) atoms. The average Bonchev–Trinajstić information content (AvgIpc) is 3.18. The molecule has 0 spiro atoms. The lowest BCUT2D eigenvalue weighted by molar-refractivity contribution is -0.122. The molecule has 7 heteroatoms. The smallest absolute Gasteiger partial charge is 0.230 e. The second kappa shape index (κ2) is 5.91. The van der Waals surface area contributed by atoms with Gasteiger partial charge in [0.1, 0.15) is 0 Å². The van der Waals surface area contributed by atoms with Gasteiger partial charge in [0.15, 0.2) is 10.6 Å². The Balaban J connectivity index is 1.80. The third-order valence-corrected chi connectivity index (χ3v) is 5.65. The fourth-order valence-corrected chi connectivity index (χ4v) is 3.98. The molecule has 2 aliphatic heterocycles. The Labute approximate surface area is 129 Å². The highest BCUT2D eigenvalue weighted by Gasteiger charge is 2.41. The fourth-order valence-electron chi connectivity index (χ4n) is 2.49. The van der Waals surface area contributed by atoms with Gasteiger partial charge in [-0.2, -0.15) is 9.15 Å². The monoisotopic (exact) mass is 318 g/mol. The number of hydrogen-bond donors (Lipinski definition) is 2. The van der Waals surface area contributed by atoms with Gasteiger partial charge in [-0.3, -0.25) is 4.79 Å². The van der Waals surface area contributed by atoms with Crippen LogP contribution in [0, 0.1) is 16.6 Å². The molecule has 2 aliphatic rings. The topological polar surface area (TPSA) is 77.3 Å². The molecule has 1 saturated heterocycles. The normalized spacial score (nSPS) is 29.9. The van der Waals surface area contributed by atoms with Crippen molar-refractivity contribution in [1.82, 2.24) is 10.6 Å². The molecule has 0 radical (unpaired) electrons. The molecule has 1 unspecified atom stereocenters. The van der Waals surface area contributed by atoms with E-state index in [4.69, 9.17) is 0 Å². The highest BCUT2D eigenvalue weighted by molar-refractivity contribution is 8.51. The molecule has 1 aromatic carbocycles. The Morgan fingerprint density at radius 3 is 2.86 bits per heavy atom. The summed E-state index contributed by atoms with van der Waals surface area (Å²) in [7, 11) is -3.44. The Hall–Kier alpha value is -2.17. The molecule has 0 bridgehead atoms. The van der Waals surface area contributed by atoms with Crippen LogP contribution in [0.25, 0.3) is 4.91 Å². The first-order valence-corrected chi connectivity index (χ1v) is 8.47. The molecule has 2 N–H and O–H groups in total. The Bertz CT molecular complexity index is 691. The number of carbonyl (C=O) groups excluding carboxylic acids is 1. The van der Waals surface area contributed by atoms with Crippen molar-refractivity contribution in [2.45, 2.75) is 6.42 Å². The van der Waals surface area contributed by atoms with Gasteiger partial charge in [-0.25, -0.2) is 4.99 Å². The second-order valence-corrected chi connectivity index (χ2v) is 7.19. The van der Waals surface area contributed by atoms with Crippen molar-refractivity contribution in [2.24, 2.45) is 10.9 Å². The molecule has 3 rings (SSSR count). The van der Waals surface area contributed by atoms with Crippen molar-refractivity contribution in [3.63, 3.8) is 0 Å². The minimum atomic E-state index is -3.44. The summed E-state index contributed by atoms with van der Waals surface area (Å²) in [4.78, 5) is 16.3. The van der Waals surface area contributed by atoms with Gasteiger partial charge in [-0.05, 0) is 18.5 Å². The summed E-state index contributed by atoms with van der Waals surface area (Å²) >= 11 is 0. The molecule has 2 heterocycles. The van der Waals surface area contributed by atoms with E-state index in [1.54, 1.807) is 29.7 Å². The van der Waals surface area contributed by atoms with Crippen molar-refractivity contribution < 1.29 is 8.68 Å². The molecule has 5 nitrogen and oxygen atoms in total. The van der Waals surface area contributed by atoms with E-state index < -0.39 is 10.4 Å². The van der Waals surface area contributed by atoms with E-state index in [2.05, 4.69) is 15.6 Å². The SMILES string of the molecule is N#CS1(F)C(c2ccccc2)=CN=C1NC(=O)[C@@H]1CCNC1. The predicted molar refractivity (Wildman–Crippen MR) is 85.3 cm³/mol. The second-order valence-electron chi connectivity index (χ2n) is 5.10. The maximum absolute atomic E-state index is 15.2. The molecule has 1 amide bonds. The van der Waals surface area contributed by atoms with E-state index in [1.165, 1.54) is 6.20 Å². The first kappa shape index (κ1) is 14.8. The summed E-state index contributed by atoms with van der Waals surface area (Å²) in [5.41, 5.74) is 0.608. The molecule has 0 aromatic heterocycles. The Morgan fingerprint density at radius 2 is 2.23 bits per heavy atom. The van der Waals surface area contributed by atoms with Crippen LogP contribution in [0.3, 0.4) is 0 Å². The number of rotatable bonds is 2. The number of nitriles is 1. The highest BCUT2D eigenvalue weighted by atomic mass is 32.3. The number of nitrogens with one attached hydrogen (secondary N) is 2. The number of benzene rings is 1. The van der Waals surface area contributed by atoms with Crippen LogP contribution in [0.5, 0.6) is 0 Å². The molecule has 1 aromatic rings. The number of amidine groups is 1. The van der Waals surface area contributed by atoms with Crippen LogP contribution in [0.2, 0.25) is 0 Å². The number of carbonyl (C=O) groups is 1. The quantitative estimate of drug-likeness (QED) is 0.821. The van der Waals surface area contributed by atoms with Gasteiger partial charge in [0.25, 0.3) is 0 Å². The average molecular weight is 318 g/mol. The maximum atomic E-state index is 15.2. The van der Waals surface area contributed by atoms with Gasteiger partial charge in [-0.15, -0.1) is 0 Å². The van der Waals surface area contributed by atoms with Crippen LogP contribution >= 0.6 is 10.4 Å². The summed E-state index contributed by atoms with van der Waals surface area (Å²) in [6.45, 7) is 1.34. The maximum Gasteiger partial charge on any atom is 0.230 e. The summed E-state index contributed by atoms with van der Waals surface area (Å²) < 4.78 is 15.2. The highest BCUT2D eigenvalue weighted by Crippen LogP contribution is 2.63. The third kappa shape index (κ3) is 2.51. The zero-order valence-electron chi connectivity index (χ0n) is 11.8. The summed E-state index contributed by atoms with van der Waals surface area (Å²) in [5.74, 6) is -0.484. The van der Waals surface area contributed by atoms with Gasteiger partial charge in [-0.1, -0.05) is 30.3 Å². The van der Waals surface area contributed by atoms with Crippen LogP contribution in [0.15, 0.2) is 41.5 Å². The predicted octanol–water partition coefficient (Wildman–Crippen LogP) is 2.25. The number of hydrogen-bond acceptors (Lipinski definition) is 4. The fraction of sp³-hybridized carbons (Fsp3) is 0.267. The van der Waals surface area contributed by atoms with Crippen molar-refractivity contribution in [3.8, 4) is 5.40 Å². The number of halogens is 1. The van der Waals surface area contributed by atoms with E-state index in [0.717, 1.165) is 6.54 Å². The number of thiocyanates is 1. The van der Waals surface area contributed by atoms with Crippen LogP contribution in [-0.2, 0) is 4.79 Å². The zero-order valence-corrected chi connectivity index (χ0v) is 12.6. The lowest BCUT2D eigenvalue weighted by atomic mass is 10.1. The van der Waals surface area contributed by atoms with Crippen molar-refractivity contribution in [2.75, 3.05) is 13.1 Å². The summed E-state index contributed by atoms with van der Waals surface area (Å²) in [5, 5.41) is 16.5. The number of aliphatic imine (C=N–C) groups is 1. The molecule has 1 fully saturated rings. The Morgan fingerprint density at radius 1 is 1.45 bits per heavy atom. The van der Waals surface area contributed by atoms with Crippen LogP contribution in [0.4, 0.5) is 3.89 Å². The van der Waals surface area contributed by atoms with Crippen LogP contribution < -0.4 is 10.6 Å². The van der Waals surface area contributed by atoms with Gasteiger partial charge in [0, 0.05) is 12.7 Å². The largest absolute Gasteiger partial charge is 0.316 e. The first-order chi connectivity index (χ1) is 10.6. The minimum Gasteiger partial charge on any atom is -0.316 e. The van der Waals surface area contributed by atoms with E-state index in [1.807, 2.05) is 6.07 Å². The minimum absolute atomic E-state index is 0.161. The van der Waals surface area contributed by atoms with E-state index in [9.17, 15) is 10.1 Å². The van der Waals surface area contributed by atoms with E-state index >= 15 is 3.89 Å². The van der Waals surface area contributed by atoms with Gasteiger partial charge >= 0.3 is 0 Å². The third-order valence-electron chi connectivity index (χ3n) is 3.71.